The van der Waals surface area contributed by atoms with E-state index in [2.05, 4.69) is 45.5 Å². The van der Waals surface area contributed by atoms with Crippen LogP contribution in [0.3, 0.4) is 0 Å². The Morgan fingerprint density at radius 3 is 2.36 bits per heavy atom. The van der Waals surface area contributed by atoms with Gasteiger partial charge < -0.3 is 24.4 Å². The minimum absolute atomic E-state index is 0.00665. The molecule has 7 rings (SSSR count). The molecule has 1 N–H and O–H groups in total. The molecule has 42 heavy (non-hydrogen) atoms. The number of nitrogens with zero attached hydrogens (tertiary/aromatic N) is 3. The van der Waals surface area contributed by atoms with Crippen LogP contribution in [-0.4, -0.2) is 59.3 Å². The molecule has 2 amide bonds. The minimum atomic E-state index is 0.00665. The number of halogens is 2. The lowest BCUT2D eigenvalue weighted by molar-refractivity contribution is -0.0158. The molecule has 2 aromatic carbocycles. The second-order valence-corrected chi connectivity index (χ2v) is 13.4. The van der Waals surface area contributed by atoms with Crippen molar-refractivity contribution in [2.45, 2.75) is 88.0 Å². The van der Waals surface area contributed by atoms with Crippen molar-refractivity contribution >= 4 is 34.9 Å². The molecular weight excluding hydrogens is 571 g/mol. The van der Waals surface area contributed by atoms with Gasteiger partial charge in [0.05, 0.1) is 22.8 Å². The second-order valence-electron chi connectivity index (χ2n) is 12.6. The first-order chi connectivity index (χ1) is 20.4. The number of benzene rings is 2. The molecule has 3 saturated heterocycles. The molecule has 4 heterocycles. The molecule has 9 heteroatoms. The summed E-state index contributed by atoms with van der Waals surface area (Å²) in [6, 6.07) is 14.3. The maximum atomic E-state index is 13.5. The molecule has 0 radical (unpaired) electrons. The van der Waals surface area contributed by atoms with E-state index < -0.39 is 0 Å². The first-order valence-corrected chi connectivity index (χ1v) is 16.1. The number of urea groups is 1. The van der Waals surface area contributed by atoms with Crippen LogP contribution in [0, 0.1) is 0 Å². The third-order valence-corrected chi connectivity index (χ3v) is 10.3. The summed E-state index contributed by atoms with van der Waals surface area (Å²) in [6.45, 7) is 2.64. The fourth-order valence-electron chi connectivity index (χ4n) is 7.24. The zero-order valence-corrected chi connectivity index (χ0v) is 25.5. The van der Waals surface area contributed by atoms with Crippen LogP contribution in [0.15, 0.2) is 47.0 Å². The number of likely N-dealkylation sites (tertiary alicyclic amines) is 1. The van der Waals surface area contributed by atoms with Crippen LogP contribution >= 0.6 is 23.2 Å². The number of piperidine rings is 2. The minimum Gasteiger partial charge on any atom is -0.373 e. The molecule has 0 spiro atoms. The van der Waals surface area contributed by atoms with E-state index in [9.17, 15) is 4.79 Å². The number of nitrogens with one attached hydrogen (secondary N) is 1. The normalized spacial score (nSPS) is 24.7. The van der Waals surface area contributed by atoms with Crippen molar-refractivity contribution in [3.05, 3.63) is 69.4 Å². The van der Waals surface area contributed by atoms with Crippen LogP contribution in [-0.2, 0) is 11.3 Å². The number of hydrogen-bond acceptors (Lipinski definition) is 5. The van der Waals surface area contributed by atoms with E-state index in [-0.39, 0.29) is 24.2 Å². The van der Waals surface area contributed by atoms with Crippen LogP contribution in [0.25, 0.3) is 11.3 Å². The largest absolute Gasteiger partial charge is 0.373 e. The topological polar surface area (TPSA) is 70.8 Å². The van der Waals surface area contributed by atoms with Gasteiger partial charge in [0, 0.05) is 34.8 Å². The van der Waals surface area contributed by atoms with Crippen LogP contribution in [0.5, 0.6) is 0 Å². The molecule has 2 bridgehead atoms. The molecule has 1 saturated carbocycles. The van der Waals surface area contributed by atoms with Crippen molar-refractivity contribution in [1.82, 2.24) is 15.0 Å². The third kappa shape index (κ3) is 5.69. The lowest BCUT2D eigenvalue weighted by Gasteiger charge is -2.38. The molecule has 3 aliphatic heterocycles. The number of carbonyl (C=O) groups is 1. The highest BCUT2D eigenvalue weighted by Gasteiger charge is 2.44. The van der Waals surface area contributed by atoms with Crippen LogP contribution in [0.4, 0.5) is 10.5 Å². The maximum Gasteiger partial charge on any atom is 0.322 e. The van der Waals surface area contributed by atoms with Gasteiger partial charge in [-0.15, -0.1) is 0 Å². The van der Waals surface area contributed by atoms with Gasteiger partial charge in [0.15, 0.2) is 0 Å². The molecule has 7 nitrogen and oxygen atoms in total. The quantitative estimate of drug-likeness (QED) is 0.293. The number of rotatable bonds is 7. The molecule has 3 aromatic rings. The monoisotopic (exact) mass is 608 g/mol. The van der Waals surface area contributed by atoms with Gasteiger partial charge in [0.1, 0.15) is 11.5 Å². The maximum absolute atomic E-state index is 13.5. The summed E-state index contributed by atoms with van der Waals surface area (Å²) in [5.41, 5.74) is 4.54. The van der Waals surface area contributed by atoms with Crippen molar-refractivity contribution in [3.8, 4) is 11.3 Å². The standard InChI is InChI=1S/C33H38Cl2N4O3/c1-38-14-12-20(13-15-38)22-4-2-5-23(16-22)36-33(40)39-24-10-11-25(39)18-26(17-24)41-19-27-31(37-42-32(27)21-8-9-21)30-28(34)6-3-7-29(30)35/h2-7,16,20-21,24-26H,8-15,17-19H2,1H3,(H,36,40)/t24-,25?,26?/m0/s1. The number of carbonyl (C=O) groups excluding carboxylic acids is 1. The summed E-state index contributed by atoms with van der Waals surface area (Å²) in [7, 11) is 2.18. The van der Waals surface area contributed by atoms with Crippen molar-refractivity contribution in [2.24, 2.45) is 0 Å². The van der Waals surface area contributed by atoms with Crippen molar-refractivity contribution in [1.29, 1.82) is 0 Å². The lowest BCUT2D eigenvalue weighted by Crippen LogP contribution is -2.50. The number of hydrogen-bond donors (Lipinski definition) is 1. The number of aromatic nitrogens is 1. The lowest BCUT2D eigenvalue weighted by atomic mass is 9.89. The van der Waals surface area contributed by atoms with E-state index in [1.165, 1.54) is 5.56 Å². The Bertz CT molecular complexity index is 1410. The van der Waals surface area contributed by atoms with Crippen molar-refractivity contribution in [3.63, 3.8) is 0 Å². The Labute approximate surface area is 257 Å². The van der Waals surface area contributed by atoms with Gasteiger partial charge in [-0.1, -0.05) is 46.6 Å². The number of amides is 2. The van der Waals surface area contributed by atoms with Crippen molar-refractivity contribution in [2.75, 3.05) is 25.5 Å². The SMILES string of the molecule is CN1CCC(c2cccc(NC(=O)N3C4CC[C@H]3CC(OCc3c(-c5c(Cl)cccc5Cl)noc3C3CC3)C4)c2)CC1. The van der Waals surface area contributed by atoms with Gasteiger partial charge in [0.2, 0.25) is 0 Å². The third-order valence-electron chi connectivity index (χ3n) is 9.68. The predicted molar refractivity (Wildman–Crippen MR) is 165 cm³/mol. The van der Waals surface area contributed by atoms with Crippen LogP contribution in [0.2, 0.25) is 10.0 Å². The zero-order chi connectivity index (χ0) is 28.8. The number of anilines is 1. The molecule has 4 aliphatic rings. The summed E-state index contributed by atoms with van der Waals surface area (Å²) in [6.07, 6.45) is 8.24. The Morgan fingerprint density at radius 1 is 0.976 bits per heavy atom. The first kappa shape index (κ1) is 28.2. The summed E-state index contributed by atoms with van der Waals surface area (Å²) in [5, 5.41) is 8.72. The zero-order valence-electron chi connectivity index (χ0n) is 24.0. The second kappa shape index (κ2) is 11.8. The molecule has 4 fully saturated rings. The van der Waals surface area contributed by atoms with E-state index in [1.807, 2.05) is 24.3 Å². The molecular formula is C33H38Cl2N4O3. The average Bonchev–Trinajstić information content (AvgIpc) is 3.68. The van der Waals surface area contributed by atoms with Crippen molar-refractivity contribution < 1.29 is 14.1 Å². The number of fused-ring (bicyclic) bond motifs is 2. The van der Waals surface area contributed by atoms with Gasteiger partial charge in [0.25, 0.3) is 0 Å². The molecule has 1 aromatic heterocycles. The summed E-state index contributed by atoms with van der Waals surface area (Å²) in [4.78, 5) is 18.0. The van der Waals surface area contributed by atoms with E-state index in [1.54, 1.807) is 0 Å². The van der Waals surface area contributed by atoms with E-state index >= 15 is 0 Å². The Balaban J connectivity index is 1.01. The highest BCUT2D eigenvalue weighted by Crippen LogP contribution is 2.46. The van der Waals surface area contributed by atoms with E-state index in [4.69, 9.17) is 32.5 Å². The molecule has 2 unspecified atom stereocenters. The highest BCUT2D eigenvalue weighted by molar-refractivity contribution is 6.39. The predicted octanol–water partition coefficient (Wildman–Crippen LogP) is 8.08. The summed E-state index contributed by atoms with van der Waals surface area (Å²) in [5.74, 6) is 1.83. The van der Waals surface area contributed by atoms with Gasteiger partial charge in [-0.2, -0.15) is 0 Å². The van der Waals surface area contributed by atoms with E-state index in [0.717, 1.165) is 81.5 Å². The van der Waals surface area contributed by atoms with Gasteiger partial charge in [-0.05, 0) is 107 Å². The molecule has 3 atom stereocenters. The smallest absolute Gasteiger partial charge is 0.322 e. The van der Waals surface area contributed by atoms with Crippen LogP contribution < -0.4 is 5.32 Å². The van der Waals surface area contributed by atoms with E-state index in [0.29, 0.717) is 39.7 Å². The van der Waals surface area contributed by atoms with Gasteiger partial charge in [-0.3, -0.25) is 0 Å². The fraction of sp³-hybridized carbons (Fsp3) is 0.515. The Kier molecular flexibility index (Phi) is 7.95. The van der Waals surface area contributed by atoms with Gasteiger partial charge >= 0.3 is 6.03 Å². The fourth-order valence-corrected chi connectivity index (χ4v) is 7.82. The summed E-state index contributed by atoms with van der Waals surface area (Å²) >= 11 is 13.1. The molecule has 1 aliphatic carbocycles. The summed E-state index contributed by atoms with van der Waals surface area (Å²) < 4.78 is 12.4. The Hall–Kier alpha value is -2.58. The van der Waals surface area contributed by atoms with Gasteiger partial charge in [-0.25, -0.2) is 4.79 Å². The first-order valence-electron chi connectivity index (χ1n) is 15.4. The average molecular weight is 610 g/mol. The number of ether oxygens (including phenoxy) is 1. The highest BCUT2D eigenvalue weighted by atomic mass is 35.5. The van der Waals surface area contributed by atoms with Crippen LogP contribution in [0.1, 0.15) is 80.1 Å². The molecule has 222 valence electrons. The Morgan fingerprint density at radius 2 is 1.67 bits per heavy atom.